The Bertz CT molecular complexity index is 881. The first-order chi connectivity index (χ1) is 12.7. The number of aliphatic hydroxyl groups is 1. The summed E-state index contributed by atoms with van der Waals surface area (Å²) in [6, 6.07) is 20.1. The number of hydrogen-bond acceptors (Lipinski definition) is 5. The summed E-state index contributed by atoms with van der Waals surface area (Å²) < 4.78 is 5.73. The average molecular weight is 349 g/mol. The molecule has 26 heavy (non-hydrogen) atoms. The quantitative estimate of drug-likeness (QED) is 0.636. The zero-order valence-electron chi connectivity index (χ0n) is 14.1. The van der Waals surface area contributed by atoms with Crippen molar-refractivity contribution < 1.29 is 14.6 Å². The van der Waals surface area contributed by atoms with Gasteiger partial charge in [0.1, 0.15) is 17.3 Å². The third kappa shape index (κ3) is 4.37. The van der Waals surface area contributed by atoms with E-state index in [1.807, 2.05) is 54.6 Å². The van der Waals surface area contributed by atoms with Gasteiger partial charge in [-0.05, 0) is 42.0 Å². The maximum Gasteiger partial charge on any atom is 0.255 e. The fourth-order valence-electron chi connectivity index (χ4n) is 2.37. The zero-order chi connectivity index (χ0) is 18.4. The number of ether oxygens (including phenoxy) is 1. The minimum absolute atomic E-state index is 0.0978. The monoisotopic (exact) mass is 349 g/mol. The van der Waals surface area contributed by atoms with Crippen LogP contribution in [0.3, 0.4) is 0 Å². The van der Waals surface area contributed by atoms with Gasteiger partial charge in [0.05, 0.1) is 17.9 Å². The van der Waals surface area contributed by atoms with Crippen LogP contribution in [-0.4, -0.2) is 16.0 Å². The second kappa shape index (κ2) is 8.13. The molecule has 4 N–H and O–H groups in total. The van der Waals surface area contributed by atoms with E-state index in [0.29, 0.717) is 12.2 Å². The maximum absolute atomic E-state index is 12.2. The van der Waals surface area contributed by atoms with Gasteiger partial charge < -0.3 is 20.9 Å². The third-order valence-electron chi connectivity index (χ3n) is 3.74. The number of hydrogen-bond donors (Lipinski definition) is 3. The number of amides is 1. The maximum atomic E-state index is 12.2. The Labute approximate surface area is 151 Å². The van der Waals surface area contributed by atoms with Gasteiger partial charge in [-0.3, -0.25) is 4.79 Å². The third-order valence-corrected chi connectivity index (χ3v) is 3.74. The van der Waals surface area contributed by atoms with Crippen LogP contribution < -0.4 is 15.8 Å². The van der Waals surface area contributed by atoms with Crippen LogP contribution in [0.15, 0.2) is 66.7 Å². The summed E-state index contributed by atoms with van der Waals surface area (Å²) in [6.45, 7) is 0.134. The van der Waals surface area contributed by atoms with Crippen molar-refractivity contribution in [3.63, 3.8) is 0 Å². The molecule has 0 saturated carbocycles. The number of carbonyl (C=O) groups is 1. The Kier molecular flexibility index (Phi) is 5.46. The molecule has 0 aliphatic carbocycles. The summed E-state index contributed by atoms with van der Waals surface area (Å²) in [7, 11) is 0. The Morgan fingerprint density at radius 2 is 1.69 bits per heavy atom. The van der Waals surface area contributed by atoms with E-state index in [1.165, 1.54) is 0 Å². The lowest BCUT2D eigenvalue weighted by Crippen LogP contribution is -2.24. The van der Waals surface area contributed by atoms with Gasteiger partial charge >= 0.3 is 0 Å². The molecule has 0 fully saturated rings. The Morgan fingerprint density at radius 3 is 2.35 bits per heavy atom. The van der Waals surface area contributed by atoms with Gasteiger partial charge in [-0.25, -0.2) is 4.98 Å². The molecule has 0 atom stereocenters. The predicted octanol–water partition coefficient (Wildman–Crippen LogP) is 2.88. The van der Waals surface area contributed by atoms with Gasteiger partial charge in [-0.15, -0.1) is 0 Å². The standard InChI is InChI=1S/C20H19N3O3/c21-19-18(11-8-15(13-24)23-19)20(25)22-12-14-6-9-17(10-7-14)26-16-4-2-1-3-5-16/h1-11,24H,12-13H2,(H2,21,23)(H,22,25). The molecule has 0 bridgehead atoms. The van der Waals surface area contributed by atoms with Crippen LogP contribution in [0, 0.1) is 0 Å². The van der Waals surface area contributed by atoms with Crippen molar-refractivity contribution in [2.24, 2.45) is 0 Å². The second-order valence-electron chi connectivity index (χ2n) is 5.64. The lowest BCUT2D eigenvalue weighted by molar-refractivity contribution is 0.0951. The molecule has 0 saturated heterocycles. The molecule has 6 heteroatoms. The molecule has 0 aliphatic heterocycles. The molecule has 1 amide bonds. The number of nitrogens with two attached hydrogens (primary N) is 1. The largest absolute Gasteiger partial charge is 0.457 e. The molecule has 3 rings (SSSR count). The number of pyridine rings is 1. The van der Waals surface area contributed by atoms with Gasteiger partial charge in [0.15, 0.2) is 0 Å². The molecule has 2 aromatic carbocycles. The Balaban J connectivity index is 1.58. The van der Waals surface area contributed by atoms with Crippen molar-refractivity contribution in [3.05, 3.63) is 83.6 Å². The van der Waals surface area contributed by atoms with Crippen LogP contribution >= 0.6 is 0 Å². The van der Waals surface area contributed by atoms with Gasteiger partial charge in [0, 0.05) is 6.54 Å². The molecule has 0 aliphatic rings. The number of benzene rings is 2. The minimum Gasteiger partial charge on any atom is -0.457 e. The fraction of sp³-hybridized carbons (Fsp3) is 0.100. The summed E-state index contributed by atoms with van der Waals surface area (Å²) in [5.41, 5.74) is 7.40. The summed E-state index contributed by atoms with van der Waals surface area (Å²) in [4.78, 5) is 16.2. The van der Waals surface area contributed by atoms with Crippen molar-refractivity contribution in [3.8, 4) is 11.5 Å². The molecule has 132 valence electrons. The van der Waals surface area contributed by atoms with Gasteiger partial charge in [-0.1, -0.05) is 30.3 Å². The zero-order valence-corrected chi connectivity index (χ0v) is 14.1. The topological polar surface area (TPSA) is 97.5 Å². The van der Waals surface area contributed by atoms with E-state index in [0.717, 1.165) is 17.1 Å². The van der Waals surface area contributed by atoms with E-state index >= 15 is 0 Å². The van der Waals surface area contributed by atoms with Crippen LogP contribution in [0.1, 0.15) is 21.6 Å². The number of para-hydroxylation sites is 1. The van der Waals surface area contributed by atoms with Crippen LogP contribution in [-0.2, 0) is 13.2 Å². The lowest BCUT2D eigenvalue weighted by atomic mass is 10.2. The summed E-state index contributed by atoms with van der Waals surface area (Å²) in [6.07, 6.45) is 0. The van der Waals surface area contributed by atoms with Gasteiger partial charge in [0.2, 0.25) is 0 Å². The average Bonchev–Trinajstić information content (AvgIpc) is 2.68. The summed E-state index contributed by atoms with van der Waals surface area (Å²) in [5.74, 6) is 1.27. The first-order valence-electron chi connectivity index (χ1n) is 8.12. The number of anilines is 1. The molecule has 1 aromatic heterocycles. The number of nitrogen functional groups attached to an aromatic ring is 1. The number of nitrogens with one attached hydrogen (secondary N) is 1. The van der Waals surface area contributed by atoms with E-state index < -0.39 is 0 Å². The highest BCUT2D eigenvalue weighted by Crippen LogP contribution is 2.21. The molecule has 0 spiro atoms. The van der Waals surface area contributed by atoms with E-state index in [1.54, 1.807) is 12.1 Å². The number of nitrogens with zero attached hydrogens (tertiary/aromatic N) is 1. The normalized spacial score (nSPS) is 10.3. The number of carbonyl (C=O) groups excluding carboxylic acids is 1. The summed E-state index contributed by atoms with van der Waals surface area (Å²) >= 11 is 0. The van der Waals surface area contributed by atoms with Gasteiger partial charge in [0.25, 0.3) is 5.91 Å². The molecule has 0 radical (unpaired) electrons. The van der Waals surface area contributed by atoms with Crippen molar-refractivity contribution in [1.82, 2.24) is 10.3 Å². The number of aromatic nitrogens is 1. The molecular weight excluding hydrogens is 330 g/mol. The Morgan fingerprint density at radius 1 is 1.00 bits per heavy atom. The van der Waals surface area contributed by atoms with Crippen LogP contribution in [0.5, 0.6) is 11.5 Å². The SMILES string of the molecule is Nc1nc(CO)ccc1C(=O)NCc1ccc(Oc2ccccc2)cc1. The lowest BCUT2D eigenvalue weighted by Gasteiger charge is -2.09. The highest BCUT2D eigenvalue weighted by atomic mass is 16.5. The summed E-state index contributed by atoms with van der Waals surface area (Å²) in [5, 5.41) is 11.8. The van der Waals surface area contributed by atoms with E-state index in [9.17, 15) is 4.79 Å². The fourth-order valence-corrected chi connectivity index (χ4v) is 2.37. The second-order valence-corrected chi connectivity index (χ2v) is 5.64. The van der Waals surface area contributed by atoms with Crippen LogP contribution in [0.2, 0.25) is 0 Å². The minimum atomic E-state index is -0.316. The van der Waals surface area contributed by atoms with E-state index in [2.05, 4.69) is 10.3 Å². The smallest absolute Gasteiger partial charge is 0.255 e. The highest BCUT2D eigenvalue weighted by molar-refractivity contribution is 5.98. The van der Waals surface area contributed by atoms with Crippen molar-refractivity contribution in [2.45, 2.75) is 13.2 Å². The number of aliphatic hydroxyl groups excluding tert-OH is 1. The Hall–Kier alpha value is -3.38. The number of rotatable bonds is 6. The van der Waals surface area contributed by atoms with Crippen LogP contribution in [0.4, 0.5) is 5.82 Å². The van der Waals surface area contributed by atoms with Crippen LogP contribution in [0.25, 0.3) is 0 Å². The van der Waals surface area contributed by atoms with Gasteiger partial charge in [-0.2, -0.15) is 0 Å². The molecule has 0 unspecified atom stereocenters. The van der Waals surface area contributed by atoms with Crippen molar-refractivity contribution in [1.29, 1.82) is 0 Å². The molecule has 3 aromatic rings. The van der Waals surface area contributed by atoms with Crippen molar-refractivity contribution in [2.75, 3.05) is 5.73 Å². The molecule has 6 nitrogen and oxygen atoms in total. The van der Waals surface area contributed by atoms with E-state index in [4.69, 9.17) is 15.6 Å². The van der Waals surface area contributed by atoms with Crippen molar-refractivity contribution >= 4 is 11.7 Å². The first-order valence-corrected chi connectivity index (χ1v) is 8.12. The predicted molar refractivity (Wildman–Crippen MR) is 98.7 cm³/mol. The first kappa shape index (κ1) is 17.4. The van der Waals surface area contributed by atoms with E-state index in [-0.39, 0.29) is 23.9 Å². The highest BCUT2D eigenvalue weighted by Gasteiger charge is 2.11. The molecular formula is C20H19N3O3. The molecule has 1 heterocycles.